The maximum absolute atomic E-state index is 13.0. The Hall–Kier alpha value is -3.38. The quantitative estimate of drug-likeness (QED) is 0.516. The third-order valence-corrected chi connectivity index (χ3v) is 6.39. The zero-order chi connectivity index (χ0) is 22.3. The number of aryl methyl sites for hydroxylation is 1. The van der Waals surface area contributed by atoms with Crippen LogP contribution in [0.4, 0.5) is 5.69 Å². The predicted octanol–water partition coefficient (Wildman–Crippen LogP) is 4.74. The number of anilines is 1. The molecule has 1 aliphatic heterocycles. The van der Waals surface area contributed by atoms with Crippen molar-refractivity contribution in [2.75, 3.05) is 18.0 Å². The summed E-state index contributed by atoms with van der Waals surface area (Å²) in [7, 11) is 0. The van der Waals surface area contributed by atoms with Crippen molar-refractivity contribution in [3.05, 3.63) is 93.3 Å². The molecule has 0 spiro atoms. The Bertz CT molecular complexity index is 1100. The van der Waals surface area contributed by atoms with E-state index in [1.165, 1.54) is 29.9 Å². The highest BCUT2D eigenvalue weighted by atomic mass is 32.1. The number of hydrogen-bond acceptors (Lipinski definition) is 4. The first-order valence-corrected chi connectivity index (χ1v) is 11.7. The van der Waals surface area contributed by atoms with E-state index < -0.39 is 0 Å². The van der Waals surface area contributed by atoms with Gasteiger partial charge in [0.15, 0.2) is 0 Å². The molecule has 0 radical (unpaired) electrons. The highest BCUT2D eigenvalue weighted by Gasteiger charge is 2.16. The first-order valence-electron chi connectivity index (χ1n) is 10.8. The first-order chi connectivity index (χ1) is 15.6. The summed E-state index contributed by atoms with van der Waals surface area (Å²) < 4.78 is 0. The van der Waals surface area contributed by atoms with E-state index in [-0.39, 0.29) is 17.5 Å². The highest BCUT2D eigenvalue weighted by Crippen LogP contribution is 2.20. The lowest BCUT2D eigenvalue weighted by Crippen LogP contribution is -2.34. The van der Waals surface area contributed by atoms with E-state index in [1.54, 1.807) is 12.1 Å². The van der Waals surface area contributed by atoms with Crippen LogP contribution in [0.1, 0.15) is 39.2 Å². The first kappa shape index (κ1) is 21.8. The summed E-state index contributed by atoms with van der Waals surface area (Å²) in [5.41, 5.74) is 3.88. The molecule has 2 heterocycles. The average molecular weight is 446 g/mol. The van der Waals surface area contributed by atoms with Crippen LogP contribution in [-0.4, -0.2) is 24.9 Å². The van der Waals surface area contributed by atoms with Crippen LogP contribution < -0.4 is 15.5 Å². The number of benzene rings is 2. The van der Waals surface area contributed by atoms with Gasteiger partial charge in [-0.15, -0.1) is 11.3 Å². The number of nitrogens with one attached hydrogen (secondary N) is 2. The number of thiophene rings is 1. The zero-order valence-electron chi connectivity index (χ0n) is 18.1. The summed E-state index contributed by atoms with van der Waals surface area (Å²) >= 11 is 1.51. The summed E-state index contributed by atoms with van der Waals surface area (Å²) in [6.45, 7) is 4.48. The van der Waals surface area contributed by atoms with E-state index >= 15 is 0 Å². The molecule has 1 saturated heterocycles. The Morgan fingerprint density at radius 3 is 2.44 bits per heavy atom. The molecule has 1 fully saturated rings. The monoisotopic (exact) mass is 445 g/mol. The molecule has 2 aromatic carbocycles. The van der Waals surface area contributed by atoms with Crippen molar-refractivity contribution in [2.24, 2.45) is 0 Å². The number of rotatable bonds is 7. The van der Waals surface area contributed by atoms with Gasteiger partial charge >= 0.3 is 0 Å². The van der Waals surface area contributed by atoms with Crippen LogP contribution in [0.5, 0.6) is 0 Å². The molecule has 5 nitrogen and oxygen atoms in total. The Morgan fingerprint density at radius 1 is 1.00 bits per heavy atom. The lowest BCUT2D eigenvalue weighted by atomic mass is 10.1. The molecular weight excluding hydrogens is 418 g/mol. The van der Waals surface area contributed by atoms with Gasteiger partial charge in [0, 0.05) is 35.8 Å². The van der Waals surface area contributed by atoms with Crippen LogP contribution >= 0.6 is 11.3 Å². The van der Waals surface area contributed by atoms with Gasteiger partial charge in [-0.05, 0) is 66.6 Å². The molecule has 2 amide bonds. The number of carbonyl (C=O) groups excluding carboxylic acids is 2. The Kier molecular flexibility index (Phi) is 7.02. The minimum atomic E-state index is -0.316. The predicted molar refractivity (Wildman–Crippen MR) is 131 cm³/mol. The molecule has 6 heteroatoms. The maximum Gasteiger partial charge on any atom is 0.268 e. The van der Waals surface area contributed by atoms with Gasteiger partial charge in [0.05, 0.1) is 0 Å². The van der Waals surface area contributed by atoms with Crippen LogP contribution in [0.15, 0.2) is 71.7 Å². The van der Waals surface area contributed by atoms with Gasteiger partial charge in [0.25, 0.3) is 11.8 Å². The second kappa shape index (κ2) is 10.3. The second-order valence-electron chi connectivity index (χ2n) is 7.89. The van der Waals surface area contributed by atoms with Gasteiger partial charge < -0.3 is 15.5 Å². The molecular formula is C26H27N3O2S. The summed E-state index contributed by atoms with van der Waals surface area (Å²) in [5, 5.41) is 7.68. The van der Waals surface area contributed by atoms with E-state index in [9.17, 15) is 9.59 Å². The van der Waals surface area contributed by atoms with E-state index in [4.69, 9.17) is 0 Å². The minimum absolute atomic E-state index is 0.231. The fourth-order valence-electron chi connectivity index (χ4n) is 3.77. The van der Waals surface area contributed by atoms with E-state index in [2.05, 4.69) is 27.7 Å². The Labute approximate surface area is 192 Å². The third kappa shape index (κ3) is 5.45. The van der Waals surface area contributed by atoms with Crippen LogP contribution in [0, 0.1) is 6.92 Å². The number of hydrogen-bond donors (Lipinski definition) is 2. The Morgan fingerprint density at radius 2 is 1.75 bits per heavy atom. The van der Waals surface area contributed by atoms with Gasteiger partial charge in [0.2, 0.25) is 0 Å². The SMILES string of the molecule is Cc1ccccc1C(=O)N/C(=C\c1cccs1)C(=O)NCc1ccc(N2CCCC2)cc1. The number of carbonyl (C=O) groups is 2. The lowest BCUT2D eigenvalue weighted by molar-refractivity contribution is -0.117. The molecule has 2 N–H and O–H groups in total. The summed E-state index contributed by atoms with van der Waals surface area (Å²) in [4.78, 5) is 29.1. The second-order valence-corrected chi connectivity index (χ2v) is 8.87. The fraction of sp³-hybridized carbons (Fsp3) is 0.231. The van der Waals surface area contributed by atoms with Crippen LogP contribution in [0.25, 0.3) is 6.08 Å². The molecule has 0 bridgehead atoms. The molecule has 0 unspecified atom stereocenters. The van der Waals surface area contributed by atoms with Crippen molar-refractivity contribution in [3.8, 4) is 0 Å². The van der Waals surface area contributed by atoms with Crippen molar-refractivity contribution >= 4 is 34.9 Å². The smallest absolute Gasteiger partial charge is 0.268 e. The van der Waals surface area contributed by atoms with E-state index in [1.807, 2.05) is 54.8 Å². The van der Waals surface area contributed by atoms with Crippen LogP contribution in [-0.2, 0) is 11.3 Å². The van der Waals surface area contributed by atoms with Crippen molar-refractivity contribution in [2.45, 2.75) is 26.3 Å². The van der Waals surface area contributed by atoms with Gasteiger partial charge in [-0.2, -0.15) is 0 Å². The zero-order valence-corrected chi connectivity index (χ0v) is 19.0. The molecule has 0 saturated carbocycles. The van der Waals surface area contributed by atoms with Crippen molar-refractivity contribution in [1.82, 2.24) is 10.6 Å². The third-order valence-electron chi connectivity index (χ3n) is 5.57. The molecule has 32 heavy (non-hydrogen) atoms. The summed E-state index contributed by atoms with van der Waals surface area (Å²) in [6.07, 6.45) is 4.20. The standard InChI is InChI=1S/C26H27N3O2S/c1-19-7-2-3-9-23(19)25(30)28-24(17-22-8-6-16-32-22)26(31)27-18-20-10-12-21(13-11-20)29-14-4-5-15-29/h2-3,6-13,16-17H,4-5,14-15,18H2,1H3,(H,27,31)(H,28,30)/b24-17-. The molecule has 3 aromatic rings. The number of amides is 2. The van der Waals surface area contributed by atoms with E-state index in [0.717, 1.165) is 29.1 Å². The fourth-order valence-corrected chi connectivity index (χ4v) is 4.43. The largest absolute Gasteiger partial charge is 0.372 e. The molecule has 4 rings (SSSR count). The maximum atomic E-state index is 13.0. The summed E-state index contributed by atoms with van der Waals surface area (Å²) in [5.74, 6) is -0.611. The van der Waals surface area contributed by atoms with Gasteiger partial charge in [0.1, 0.15) is 5.70 Å². The molecule has 1 aromatic heterocycles. The average Bonchev–Trinajstić information content (AvgIpc) is 3.52. The minimum Gasteiger partial charge on any atom is -0.372 e. The lowest BCUT2D eigenvalue weighted by Gasteiger charge is -2.18. The van der Waals surface area contributed by atoms with Crippen LogP contribution in [0.3, 0.4) is 0 Å². The highest BCUT2D eigenvalue weighted by molar-refractivity contribution is 7.10. The van der Waals surface area contributed by atoms with Crippen molar-refractivity contribution < 1.29 is 9.59 Å². The van der Waals surface area contributed by atoms with Crippen LogP contribution in [0.2, 0.25) is 0 Å². The van der Waals surface area contributed by atoms with Gasteiger partial charge in [-0.3, -0.25) is 9.59 Å². The number of nitrogens with zero attached hydrogens (tertiary/aromatic N) is 1. The molecule has 0 atom stereocenters. The van der Waals surface area contributed by atoms with Crippen molar-refractivity contribution in [1.29, 1.82) is 0 Å². The Balaban J connectivity index is 1.44. The van der Waals surface area contributed by atoms with E-state index in [0.29, 0.717) is 12.1 Å². The molecule has 1 aliphatic rings. The summed E-state index contributed by atoms with van der Waals surface area (Å²) in [6, 6.07) is 19.5. The molecule has 0 aliphatic carbocycles. The molecule has 164 valence electrons. The van der Waals surface area contributed by atoms with Gasteiger partial charge in [-0.1, -0.05) is 36.4 Å². The topological polar surface area (TPSA) is 61.4 Å². The van der Waals surface area contributed by atoms with Gasteiger partial charge in [-0.25, -0.2) is 0 Å². The normalized spacial score (nSPS) is 13.8. The van der Waals surface area contributed by atoms with Crippen molar-refractivity contribution in [3.63, 3.8) is 0 Å².